The second kappa shape index (κ2) is 6.89. The third-order valence-electron chi connectivity index (χ3n) is 3.24. The first-order valence-electron chi connectivity index (χ1n) is 7.17. The Balaban J connectivity index is 2.22. The lowest BCUT2D eigenvalue weighted by atomic mass is 10.1. The van der Waals surface area contributed by atoms with Crippen molar-refractivity contribution in [3.05, 3.63) is 71.3 Å². The van der Waals surface area contributed by atoms with Gasteiger partial charge in [0, 0.05) is 5.56 Å². The smallest absolute Gasteiger partial charge is 0.332 e. The number of hydroxylamine groups is 2. The molecule has 0 aliphatic rings. The van der Waals surface area contributed by atoms with Crippen molar-refractivity contribution in [1.82, 2.24) is 5.06 Å². The van der Waals surface area contributed by atoms with Gasteiger partial charge in [-0.1, -0.05) is 36.4 Å². The zero-order valence-corrected chi connectivity index (χ0v) is 12.9. The number of hydrogen-bond donors (Lipinski definition) is 0. The third-order valence-corrected chi connectivity index (χ3v) is 3.24. The van der Waals surface area contributed by atoms with Crippen molar-refractivity contribution in [1.29, 1.82) is 0 Å². The predicted octanol–water partition coefficient (Wildman–Crippen LogP) is 3.62. The van der Waals surface area contributed by atoms with Crippen LogP contribution < -0.4 is 0 Å². The Labute approximate surface area is 130 Å². The molecule has 0 bridgehead atoms. The molecule has 114 valence electrons. The summed E-state index contributed by atoms with van der Waals surface area (Å²) in [5, 5.41) is 1.12. The number of aryl methyl sites for hydroxylation is 1. The van der Waals surface area contributed by atoms with Gasteiger partial charge in [0.15, 0.2) is 0 Å². The summed E-state index contributed by atoms with van der Waals surface area (Å²) in [6.07, 6.45) is 0. The zero-order chi connectivity index (χ0) is 16.1. The van der Waals surface area contributed by atoms with E-state index < -0.39 is 5.97 Å². The average molecular weight is 297 g/mol. The molecule has 0 fully saturated rings. The van der Waals surface area contributed by atoms with Gasteiger partial charge in [0.1, 0.15) is 0 Å². The van der Waals surface area contributed by atoms with Crippen LogP contribution in [0.2, 0.25) is 0 Å². The van der Waals surface area contributed by atoms with E-state index in [1.54, 1.807) is 50.2 Å². The van der Waals surface area contributed by atoms with Gasteiger partial charge in [-0.25, -0.2) is 4.79 Å². The molecule has 4 nitrogen and oxygen atoms in total. The van der Waals surface area contributed by atoms with Crippen molar-refractivity contribution >= 4 is 11.9 Å². The number of nitrogens with zero attached hydrogens (tertiary/aromatic N) is 1. The first-order chi connectivity index (χ1) is 10.5. The topological polar surface area (TPSA) is 46.6 Å². The van der Waals surface area contributed by atoms with E-state index in [1.165, 1.54) is 0 Å². The Morgan fingerprint density at radius 2 is 1.55 bits per heavy atom. The molecule has 0 heterocycles. The highest BCUT2D eigenvalue weighted by Gasteiger charge is 2.25. The van der Waals surface area contributed by atoms with Gasteiger partial charge in [0.05, 0.1) is 11.6 Å². The quantitative estimate of drug-likeness (QED) is 0.813. The largest absolute Gasteiger partial charge is 0.363 e. The van der Waals surface area contributed by atoms with Gasteiger partial charge in [0.25, 0.3) is 5.91 Å². The van der Waals surface area contributed by atoms with E-state index in [9.17, 15) is 9.59 Å². The molecule has 1 amide bonds. The summed E-state index contributed by atoms with van der Waals surface area (Å²) in [6, 6.07) is 15.6. The van der Waals surface area contributed by atoms with E-state index in [4.69, 9.17) is 4.84 Å². The van der Waals surface area contributed by atoms with Gasteiger partial charge in [0.2, 0.25) is 0 Å². The monoisotopic (exact) mass is 297 g/mol. The van der Waals surface area contributed by atoms with Gasteiger partial charge >= 0.3 is 5.97 Å². The van der Waals surface area contributed by atoms with Gasteiger partial charge in [-0.3, -0.25) is 4.79 Å². The molecule has 22 heavy (non-hydrogen) atoms. The summed E-state index contributed by atoms with van der Waals surface area (Å²) in [7, 11) is 0. The first kappa shape index (κ1) is 15.8. The minimum atomic E-state index is -0.545. The number of carbonyl (C=O) groups is 2. The van der Waals surface area contributed by atoms with E-state index in [1.807, 2.05) is 25.1 Å². The van der Waals surface area contributed by atoms with E-state index in [-0.39, 0.29) is 11.9 Å². The van der Waals surface area contributed by atoms with Crippen LogP contribution in [0.15, 0.2) is 54.6 Å². The summed E-state index contributed by atoms with van der Waals surface area (Å²) in [5.41, 5.74) is 1.77. The van der Waals surface area contributed by atoms with Gasteiger partial charge in [-0.2, -0.15) is 5.06 Å². The lowest BCUT2D eigenvalue weighted by molar-refractivity contribution is -0.0984. The van der Waals surface area contributed by atoms with Gasteiger partial charge in [-0.05, 0) is 44.5 Å². The van der Waals surface area contributed by atoms with Crippen LogP contribution in [-0.4, -0.2) is 23.0 Å². The van der Waals surface area contributed by atoms with Crippen molar-refractivity contribution in [2.75, 3.05) is 0 Å². The van der Waals surface area contributed by atoms with Crippen molar-refractivity contribution < 1.29 is 14.4 Å². The maximum Gasteiger partial charge on any atom is 0.363 e. The molecule has 0 spiro atoms. The normalized spacial score (nSPS) is 10.4. The molecule has 0 radical (unpaired) electrons. The van der Waals surface area contributed by atoms with E-state index in [0.717, 1.165) is 10.6 Å². The van der Waals surface area contributed by atoms with E-state index >= 15 is 0 Å². The number of carbonyl (C=O) groups excluding carboxylic acids is 2. The fourth-order valence-electron chi connectivity index (χ4n) is 2.03. The number of amides is 1. The molecule has 0 aliphatic carbocycles. The van der Waals surface area contributed by atoms with Crippen LogP contribution in [-0.2, 0) is 4.84 Å². The molecule has 2 aromatic rings. The number of rotatable bonds is 3. The molecule has 0 N–H and O–H groups in total. The molecule has 2 rings (SSSR count). The second-order valence-corrected chi connectivity index (χ2v) is 5.28. The van der Waals surface area contributed by atoms with Crippen molar-refractivity contribution in [3.8, 4) is 0 Å². The zero-order valence-electron chi connectivity index (χ0n) is 12.9. The molecule has 0 aromatic heterocycles. The molecule has 2 aromatic carbocycles. The second-order valence-electron chi connectivity index (χ2n) is 5.28. The van der Waals surface area contributed by atoms with Crippen LogP contribution in [0.1, 0.15) is 40.1 Å². The third kappa shape index (κ3) is 3.52. The molecule has 0 saturated heterocycles. The Kier molecular flexibility index (Phi) is 4.94. The SMILES string of the molecule is Cc1ccccc1C(=O)N(OC(=O)c1ccccc1)C(C)C. The minimum absolute atomic E-state index is 0.264. The minimum Gasteiger partial charge on any atom is -0.332 e. The lowest BCUT2D eigenvalue weighted by Crippen LogP contribution is -2.39. The Morgan fingerprint density at radius 3 is 2.14 bits per heavy atom. The average Bonchev–Trinajstić information content (AvgIpc) is 2.52. The molecule has 0 unspecified atom stereocenters. The van der Waals surface area contributed by atoms with Crippen LogP contribution in [0.5, 0.6) is 0 Å². The Bertz CT molecular complexity index is 665. The molecule has 4 heteroatoms. The molecule has 0 atom stereocenters. The van der Waals surface area contributed by atoms with Crippen LogP contribution in [0.3, 0.4) is 0 Å². The molecular weight excluding hydrogens is 278 g/mol. The fraction of sp³-hybridized carbons (Fsp3) is 0.222. The highest BCUT2D eigenvalue weighted by molar-refractivity contribution is 5.97. The maximum absolute atomic E-state index is 12.6. The van der Waals surface area contributed by atoms with E-state index in [2.05, 4.69) is 0 Å². The Hall–Kier alpha value is -2.62. The van der Waals surface area contributed by atoms with Crippen molar-refractivity contribution in [2.24, 2.45) is 0 Å². The van der Waals surface area contributed by atoms with Crippen molar-refractivity contribution in [2.45, 2.75) is 26.8 Å². The predicted molar refractivity (Wildman–Crippen MR) is 84.3 cm³/mol. The number of benzene rings is 2. The van der Waals surface area contributed by atoms with Crippen LogP contribution >= 0.6 is 0 Å². The fourth-order valence-corrected chi connectivity index (χ4v) is 2.03. The van der Waals surface area contributed by atoms with Gasteiger partial charge < -0.3 is 4.84 Å². The number of hydrogen-bond acceptors (Lipinski definition) is 3. The van der Waals surface area contributed by atoms with E-state index in [0.29, 0.717) is 11.1 Å². The van der Waals surface area contributed by atoms with Crippen LogP contribution in [0, 0.1) is 6.92 Å². The highest BCUT2D eigenvalue weighted by Crippen LogP contribution is 2.15. The first-order valence-corrected chi connectivity index (χ1v) is 7.17. The summed E-state index contributed by atoms with van der Waals surface area (Å²) < 4.78 is 0. The molecular formula is C18H19NO3. The Morgan fingerprint density at radius 1 is 0.955 bits per heavy atom. The summed E-state index contributed by atoms with van der Waals surface area (Å²) in [4.78, 5) is 30.1. The maximum atomic E-state index is 12.6. The summed E-state index contributed by atoms with van der Waals surface area (Å²) in [5.74, 6) is -0.867. The standard InChI is InChI=1S/C18H19NO3/c1-13(2)19(17(20)16-12-8-7-9-14(16)3)22-18(21)15-10-5-4-6-11-15/h4-13H,1-3H3. The molecule has 0 aliphatic heterocycles. The summed E-state index contributed by atoms with van der Waals surface area (Å²) >= 11 is 0. The lowest BCUT2D eigenvalue weighted by Gasteiger charge is -2.25. The van der Waals surface area contributed by atoms with Crippen LogP contribution in [0.25, 0.3) is 0 Å². The van der Waals surface area contributed by atoms with Gasteiger partial charge in [-0.15, -0.1) is 0 Å². The summed E-state index contributed by atoms with van der Waals surface area (Å²) in [6.45, 7) is 5.45. The highest BCUT2D eigenvalue weighted by atomic mass is 16.7. The molecule has 0 saturated carbocycles. The van der Waals surface area contributed by atoms with Crippen LogP contribution in [0.4, 0.5) is 0 Å². The van der Waals surface area contributed by atoms with Crippen molar-refractivity contribution in [3.63, 3.8) is 0 Å².